The summed E-state index contributed by atoms with van der Waals surface area (Å²) in [5.74, 6) is 0. The van der Waals surface area contributed by atoms with Crippen LogP contribution in [0.15, 0.2) is 24.3 Å². The van der Waals surface area contributed by atoms with E-state index in [2.05, 4.69) is 19.1 Å². The van der Waals surface area contributed by atoms with Gasteiger partial charge in [0, 0.05) is 0 Å². The Balaban J connectivity index is 1.76. The molecule has 1 aromatic carbocycles. The van der Waals surface area contributed by atoms with Crippen molar-refractivity contribution in [1.82, 2.24) is 0 Å². The number of benzene rings is 1. The molecule has 1 aromatic rings. The van der Waals surface area contributed by atoms with Gasteiger partial charge in [0.1, 0.15) is 6.10 Å². The summed E-state index contributed by atoms with van der Waals surface area (Å²) in [4.78, 5) is 0. The average molecular weight is 175 g/mol. The van der Waals surface area contributed by atoms with Crippen molar-refractivity contribution in [2.24, 2.45) is 0 Å². The van der Waals surface area contributed by atoms with Crippen LogP contribution in [-0.4, -0.2) is 26.8 Å². The highest BCUT2D eigenvalue weighted by Gasteiger charge is 2.22. The number of ether oxygens (including phenoxy) is 1. The van der Waals surface area contributed by atoms with Crippen LogP contribution in [0, 0.1) is 6.92 Å². The number of aryl methyl sites for hydroxylation is 1. The van der Waals surface area contributed by atoms with Gasteiger partial charge in [-0.05, 0) is 6.92 Å². The van der Waals surface area contributed by atoms with Crippen LogP contribution in [0.3, 0.4) is 0 Å². The van der Waals surface area contributed by atoms with Crippen molar-refractivity contribution >= 4 is 12.9 Å². The quantitative estimate of drug-likeness (QED) is 0.495. The zero-order valence-corrected chi connectivity index (χ0v) is 7.69. The molecule has 1 radical (unpaired) electrons. The van der Waals surface area contributed by atoms with Crippen LogP contribution in [0.4, 0.5) is 0 Å². The van der Waals surface area contributed by atoms with Gasteiger partial charge in [-0.1, -0.05) is 35.3 Å². The van der Waals surface area contributed by atoms with Crippen molar-refractivity contribution in [2.45, 2.75) is 13.0 Å². The van der Waals surface area contributed by atoms with Gasteiger partial charge >= 0.3 is 7.48 Å². The third-order valence-corrected chi connectivity index (χ3v) is 1.98. The fourth-order valence-corrected chi connectivity index (χ4v) is 1.06. The molecular weight excluding hydrogens is 163 g/mol. The summed E-state index contributed by atoms with van der Waals surface area (Å²) in [7, 11) is 1.78. The largest absolute Gasteiger partial charge is 0.431 e. The summed E-state index contributed by atoms with van der Waals surface area (Å²) < 4.78 is 10.4. The Morgan fingerprint density at radius 3 is 2.77 bits per heavy atom. The van der Waals surface area contributed by atoms with E-state index in [0.717, 1.165) is 12.1 Å². The molecule has 0 aliphatic carbocycles. The summed E-state index contributed by atoms with van der Waals surface area (Å²) in [6.45, 7) is 3.60. The molecule has 0 saturated carbocycles. The topological polar surface area (TPSA) is 21.8 Å². The molecule has 1 aliphatic rings. The molecule has 1 atom stereocenters. The lowest BCUT2D eigenvalue weighted by Gasteiger charge is -2.00. The zero-order chi connectivity index (χ0) is 9.10. The second-order valence-electron chi connectivity index (χ2n) is 3.32. The molecule has 1 fully saturated rings. The van der Waals surface area contributed by atoms with E-state index >= 15 is 0 Å². The van der Waals surface area contributed by atoms with Crippen molar-refractivity contribution < 1.29 is 9.39 Å². The van der Waals surface area contributed by atoms with E-state index in [1.165, 1.54) is 5.56 Å². The second-order valence-corrected chi connectivity index (χ2v) is 3.32. The molecule has 0 bridgehead atoms. The highest BCUT2D eigenvalue weighted by Crippen LogP contribution is 2.07. The zero-order valence-electron chi connectivity index (χ0n) is 7.69. The van der Waals surface area contributed by atoms with E-state index in [9.17, 15) is 0 Å². The van der Waals surface area contributed by atoms with Gasteiger partial charge in [0.2, 0.25) is 0 Å². The molecule has 0 aromatic heterocycles. The second kappa shape index (κ2) is 3.94. The molecule has 3 heteroatoms. The molecule has 1 unspecified atom stereocenters. The Morgan fingerprint density at radius 1 is 1.46 bits per heavy atom. The lowest BCUT2D eigenvalue weighted by atomic mass is 9.87. The molecule has 13 heavy (non-hydrogen) atoms. The Bertz CT molecular complexity index is 267. The molecule has 0 N–H and O–H groups in total. The summed E-state index contributed by atoms with van der Waals surface area (Å²) in [5, 5.41) is 0. The SMILES string of the molecule is Cc1ccc([B]OCC2CO2)cc1. The van der Waals surface area contributed by atoms with E-state index in [0.29, 0.717) is 12.7 Å². The standard InChI is InChI=1S/C10H12BO2/c1-8-2-4-9(5-3-8)11-13-7-10-6-12-10/h2-5,10H,6-7H2,1H3. The molecule has 67 valence electrons. The first kappa shape index (κ1) is 8.79. The molecule has 2 rings (SSSR count). The van der Waals surface area contributed by atoms with E-state index in [-0.39, 0.29) is 0 Å². The maximum absolute atomic E-state index is 5.33. The van der Waals surface area contributed by atoms with Gasteiger partial charge < -0.3 is 9.39 Å². The van der Waals surface area contributed by atoms with Crippen molar-refractivity contribution in [3.05, 3.63) is 29.8 Å². The van der Waals surface area contributed by atoms with E-state index in [4.69, 9.17) is 9.39 Å². The first-order valence-electron chi connectivity index (χ1n) is 4.48. The van der Waals surface area contributed by atoms with Crippen molar-refractivity contribution in [3.8, 4) is 0 Å². The molecule has 2 nitrogen and oxygen atoms in total. The maximum atomic E-state index is 5.33. The first-order valence-corrected chi connectivity index (χ1v) is 4.48. The number of rotatable bonds is 4. The fourth-order valence-electron chi connectivity index (χ4n) is 1.06. The van der Waals surface area contributed by atoms with Crippen molar-refractivity contribution in [3.63, 3.8) is 0 Å². The summed E-state index contributed by atoms with van der Waals surface area (Å²) in [5.41, 5.74) is 2.37. The van der Waals surface area contributed by atoms with E-state index < -0.39 is 0 Å². The van der Waals surface area contributed by atoms with Crippen LogP contribution in [0.25, 0.3) is 0 Å². The van der Waals surface area contributed by atoms with Gasteiger partial charge in [-0.3, -0.25) is 0 Å². The van der Waals surface area contributed by atoms with Gasteiger partial charge in [-0.25, -0.2) is 0 Å². The van der Waals surface area contributed by atoms with E-state index in [1.54, 1.807) is 7.48 Å². The number of epoxide rings is 1. The predicted molar refractivity (Wildman–Crippen MR) is 52.3 cm³/mol. The molecule has 0 amide bonds. The minimum Gasteiger partial charge on any atom is -0.431 e. The maximum Gasteiger partial charge on any atom is 0.330 e. The molecule has 1 saturated heterocycles. The Morgan fingerprint density at radius 2 is 2.15 bits per heavy atom. The minimum absolute atomic E-state index is 0.335. The van der Waals surface area contributed by atoms with Crippen LogP contribution in [-0.2, 0) is 9.39 Å². The van der Waals surface area contributed by atoms with Gasteiger partial charge in [-0.2, -0.15) is 0 Å². The fraction of sp³-hybridized carbons (Fsp3) is 0.400. The lowest BCUT2D eigenvalue weighted by Crippen LogP contribution is -2.19. The number of hydrogen-bond donors (Lipinski definition) is 0. The van der Waals surface area contributed by atoms with Crippen LogP contribution < -0.4 is 5.46 Å². The van der Waals surface area contributed by atoms with Crippen LogP contribution in [0.2, 0.25) is 0 Å². The highest BCUT2D eigenvalue weighted by molar-refractivity contribution is 6.46. The van der Waals surface area contributed by atoms with Gasteiger partial charge in [0.05, 0.1) is 13.2 Å². The molecule has 1 aliphatic heterocycles. The van der Waals surface area contributed by atoms with Crippen LogP contribution >= 0.6 is 0 Å². The average Bonchev–Trinajstić information content (AvgIpc) is 2.92. The molecular formula is C10H12BO2. The minimum atomic E-state index is 0.335. The monoisotopic (exact) mass is 175 g/mol. The summed E-state index contributed by atoms with van der Waals surface area (Å²) >= 11 is 0. The van der Waals surface area contributed by atoms with E-state index in [1.807, 2.05) is 12.1 Å². The third-order valence-electron chi connectivity index (χ3n) is 1.98. The summed E-state index contributed by atoms with van der Waals surface area (Å²) in [6.07, 6.45) is 0.335. The van der Waals surface area contributed by atoms with Gasteiger partial charge in [0.15, 0.2) is 0 Å². The van der Waals surface area contributed by atoms with Crippen LogP contribution in [0.5, 0.6) is 0 Å². The third kappa shape index (κ3) is 2.86. The Kier molecular flexibility index (Phi) is 2.66. The summed E-state index contributed by atoms with van der Waals surface area (Å²) in [6, 6.07) is 8.23. The van der Waals surface area contributed by atoms with Crippen LogP contribution in [0.1, 0.15) is 5.56 Å². The number of hydrogen-bond acceptors (Lipinski definition) is 2. The van der Waals surface area contributed by atoms with Crippen molar-refractivity contribution in [1.29, 1.82) is 0 Å². The molecule has 0 spiro atoms. The highest BCUT2D eigenvalue weighted by atomic mass is 16.6. The van der Waals surface area contributed by atoms with Gasteiger partial charge in [0.25, 0.3) is 0 Å². The smallest absolute Gasteiger partial charge is 0.330 e. The Hall–Kier alpha value is -0.795. The normalized spacial score (nSPS) is 19.9. The predicted octanol–water partition coefficient (Wildman–Crippen LogP) is 0.655. The van der Waals surface area contributed by atoms with Crippen molar-refractivity contribution in [2.75, 3.05) is 13.2 Å². The Labute approximate surface area is 79.1 Å². The lowest BCUT2D eigenvalue weighted by molar-refractivity contribution is 0.277. The molecule has 1 heterocycles. The first-order chi connectivity index (χ1) is 6.34. The van der Waals surface area contributed by atoms with Gasteiger partial charge in [-0.15, -0.1) is 0 Å².